The summed E-state index contributed by atoms with van der Waals surface area (Å²) < 4.78 is 25.0. The van der Waals surface area contributed by atoms with E-state index in [0.717, 1.165) is 29.5 Å². The van der Waals surface area contributed by atoms with Gasteiger partial charge >= 0.3 is 0 Å². The Balaban J connectivity index is 2.42. The molecule has 2 rings (SSSR count). The zero-order valence-corrected chi connectivity index (χ0v) is 13.8. The lowest BCUT2D eigenvalue weighted by atomic mass is 9.87. The van der Waals surface area contributed by atoms with E-state index in [1.807, 2.05) is 37.8 Å². The van der Waals surface area contributed by atoms with Gasteiger partial charge in [-0.1, -0.05) is 19.1 Å². The number of carbonyl (C=O) groups excluding carboxylic acids is 1. The van der Waals surface area contributed by atoms with Crippen molar-refractivity contribution in [1.82, 2.24) is 4.72 Å². The van der Waals surface area contributed by atoms with Crippen molar-refractivity contribution in [1.29, 1.82) is 0 Å². The van der Waals surface area contributed by atoms with Gasteiger partial charge in [0.2, 0.25) is 5.91 Å². The molecular formula is C14H21BN2O3S. The molecule has 21 heavy (non-hydrogen) atoms. The van der Waals surface area contributed by atoms with Crippen molar-refractivity contribution in [2.45, 2.75) is 39.7 Å². The minimum absolute atomic E-state index is 0.155. The fourth-order valence-corrected chi connectivity index (χ4v) is 3.31. The van der Waals surface area contributed by atoms with Crippen LogP contribution in [0.3, 0.4) is 0 Å². The first-order valence-corrected chi connectivity index (χ1v) is 9.00. The molecule has 0 saturated heterocycles. The minimum atomic E-state index is -3.21. The van der Waals surface area contributed by atoms with E-state index in [-0.39, 0.29) is 18.4 Å². The number of anilines is 1. The molecule has 0 saturated carbocycles. The number of nitrogens with zero attached hydrogens (tertiary/aromatic N) is 1. The van der Waals surface area contributed by atoms with Gasteiger partial charge in [-0.3, -0.25) is 4.79 Å². The van der Waals surface area contributed by atoms with Gasteiger partial charge in [0.15, 0.2) is 9.87 Å². The van der Waals surface area contributed by atoms with Gasteiger partial charge in [-0.25, -0.2) is 13.1 Å². The van der Waals surface area contributed by atoms with Crippen molar-refractivity contribution in [3.63, 3.8) is 0 Å². The van der Waals surface area contributed by atoms with Crippen molar-refractivity contribution in [2.75, 3.05) is 11.4 Å². The lowest BCUT2D eigenvalue weighted by Crippen LogP contribution is -2.36. The second-order valence-corrected chi connectivity index (χ2v) is 7.52. The van der Waals surface area contributed by atoms with Crippen LogP contribution < -0.4 is 9.62 Å². The Morgan fingerprint density at radius 2 is 2.10 bits per heavy atom. The van der Waals surface area contributed by atoms with E-state index in [1.165, 1.54) is 0 Å². The van der Waals surface area contributed by atoms with Crippen molar-refractivity contribution in [3.8, 4) is 0 Å². The van der Waals surface area contributed by atoms with Gasteiger partial charge in [-0.05, 0) is 36.5 Å². The summed E-state index contributed by atoms with van der Waals surface area (Å²) in [5, 5.41) is 0. The standard InChI is InChI=1S/C14H21BN2O3S/c1-4-17-13(18)6-9(2)12-7-11(5-10(3)14(12)17)8-16-21(15,19)20/h5,7,9,16H,4,6,8,15H2,1-3H3. The Bertz CT molecular complexity index is 673. The number of carbonyl (C=O) groups is 1. The summed E-state index contributed by atoms with van der Waals surface area (Å²) in [6.07, 6.45) is 0.503. The van der Waals surface area contributed by atoms with Gasteiger partial charge < -0.3 is 4.90 Å². The quantitative estimate of drug-likeness (QED) is 0.838. The fraction of sp³-hybridized carbons (Fsp3) is 0.500. The van der Waals surface area contributed by atoms with Gasteiger partial charge in [0.05, 0.1) is 0 Å². The average molecular weight is 308 g/mol. The summed E-state index contributed by atoms with van der Waals surface area (Å²) in [7, 11) is -2.06. The average Bonchev–Trinajstić information content (AvgIpc) is 2.37. The predicted molar refractivity (Wildman–Crippen MR) is 86.5 cm³/mol. The highest BCUT2D eigenvalue weighted by molar-refractivity contribution is 8.10. The molecule has 0 fully saturated rings. The van der Waals surface area contributed by atoms with Crippen molar-refractivity contribution in [2.24, 2.45) is 0 Å². The van der Waals surface area contributed by atoms with Crippen LogP contribution in [0.5, 0.6) is 0 Å². The molecule has 1 aliphatic rings. The number of hydrogen-bond donors (Lipinski definition) is 1. The highest BCUT2D eigenvalue weighted by Crippen LogP contribution is 2.38. The van der Waals surface area contributed by atoms with Crippen LogP contribution in [0.2, 0.25) is 0 Å². The molecular weight excluding hydrogens is 287 g/mol. The fourth-order valence-electron chi connectivity index (χ4n) is 2.89. The Hall–Kier alpha value is -1.34. The predicted octanol–water partition coefficient (Wildman–Crippen LogP) is 0.823. The molecule has 0 aromatic heterocycles. The molecule has 0 radical (unpaired) electrons. The molecule has 1 aromatic carbocycles. The maximum atomic E-state index is 12.1. The van der Waals surface area contributed by atoms with Gasteiger partial charge in [-0.15, -0.1) is 0 Å². The molecule has 1 atom stereocenters. The van der Waals surface area contributed by atoms with Gasteiger partial charge in [0, 0.05) is 25.2 Å². The first kappa shape index (κ1) is 16.0. The number of rotatable bonds is 4. The molecule has 0 aliphatic carbocycles. The first-order valence-electron chi connectivity index (χ1n) is 7.11. The molecule has 1 amide bonds. The van der Waals surface area contributed by atoms with Crippen LogP contribution in [0.1, 0.15) is 42.9 Å². The molecule has 1 N–H and O–H groups in total. The zero-order valence-electron chi connectivity index (χ0n) is 12.9. The van der Waals surface area contributed by atoms with E-state index in [4.69, 9.17) is 0 Å². The maximum absolute atomic E-state index is 12.1. The summed E-state index contributed by atoms with van der Waals surface area (Å²) in [6.45, 7) is 6.91. The summed E-state index contributed by atoms with van der Waals surface area (Å²) in [5.41, 5.74) is 4.06. The zero-order chi connectivity index (χ0) is 15.8. The van der Waals surface area contributed by atoms with E-state index >= 15 is 0 Å². The van der Waals surface area contributed by atoms with E-state index in [2.05, 4.69) is 4.72 Å². The summed E-state index contributed by atoms with van der Waals surface area (Å²) in [5.74, 6) is 0.315. The van der Waals surface area contributed by atoms with Crippen molar-refractivity contribution >= 4 is 28.6 Å². The highest BCUT2D eigenvalue weighted by atomic mass is 32.2. The summed E-state index contributed by atoms with van der Waals surface area (Å²) in [4.78, 5) is 13.9. The Kier molecular flexibility index (Phi) is 4.44. The highest BCUT2D eigenvalue weighted by Gasteiger charge is 2.29. The summed E-state index contributed by atoms with van der Waals surface area (Å²) in [6, 6.07) is 3.96. The topological polar surface area (TPSA) is 66.5 Å². The smallest absolute Gasteiger partial charge is 0.275 e. The number of nitrogens with one attached hydrogen (secondary N) is 1. The first-order chi connectivity index (χ1) is 9.73. The molecule has 1 heterocycles. The SMILES string of the molecule is BS(=O)(=O)NCc1cc(C)c2c(c1)C(C)CC(=O)N2CC. The Morgan fingerprint density at radius 3 is 2.67 bits per heavy atom. The monoisotopic (exact) mass is 308 g/mol. The third-order valence-corrected chi connectivity index (χ3v) is 4.50. The second-order valence-electron chi connectivity index (χ2n) is 5.69. The molecule has 0 bridgehead atoms. The lowest BCUT2D eigenvalue weighted by molar-refractivity contribution is -0.119. The van der Waals surface area contributed by atoms with Crippen LogP contribution in [0.4, 0.5) is 5.69 Å². The van der Waals surface area contributed by atoms with Crippen LogP contribution in [0, 0.1) is 6.92 Å². The van der Waals surface area contributed by atoms with Gasteiger partial charge in [0.25, 0.3) is 7.12 Å². The molecule has 0 spiro atoms. The Morgan fingerprint density at radius 1 is 1.43 bits per heavy atom. The minimum Gasteiger partial charge on any atom is -0.312 e. The van der Waals surface area contributed by atoms with Crippen LogP contribution >= 0.6 is 0 Å². The number of benzene rings is 1. The van der Waals surface area contributed by atoms with Gasteiger partial charge in [-0.2, -0.15) is 0 Å². The van der Waals surface area contributed by atoms with E-state index in [9.17, 15) is 13.2 Å². The van der Waals surface area contributed by atoms with E-state index in [1.54, 1.807) is 0 Å². The van der Waals surface area contributed by atoms with Crippen LogP contribution in [0.25, 0.3) is 0 Å². The number of amides is 1. The molecule has 1 unspecified atom stereocenters. The maximum Gasteiger partial charge on any atom is 0.275 e. The number of hydrogen-bond acceptors (Lipinski definition) is 3. The molecule has 1 aliphatic heterocycles. The molecule has 1 aromatic rings. The third-order valence-electron chi connectivity index (χ3n) is 3.83. The second kappa shape index (κ2) is 5.81. The summed E-state index contributed by atoms with van der Waals surface area (Å²) >= 11 is 0. The van der Waals surface area contributed by atoms with E-state index < -0.39 is 9.87 Å². The normalized spacial score (nSPS) is 18.7. The van der Waals surface area contributed by atoms with Gasteiger partial charge in [0.1, 0.15) is 0 Å². The third kappa shape index (κ3) is 3.47. The number of fused-ring (bicyclic) bond motifs is 1. The lowest BCUT2D eigenvalue weighted by Gasteiger charge is -2.34. The van der Waals surface area contributed by atoms with Crippen molar-refractivity contribution < 1.29 is 13.2 Å². The largest absolute Gasteiger partial charge is 0.312 e. The Labute approximate surface area is 127 Å². The van der Waals surface area contributed by atoms with E-state index in [0.29, 0.717) is 13.0 Å². The molecule has 114 valence electrons. The van der Waals surface area contributed by atoms with Crippen LogP contribution in [-0.4, -0.2) is 28.0 Å². The van der Waals surface area contributed by atoms with Crippen molar-refractivity contribution in [3.05, 3.63) is 28.8 Å². The van der Waals surface area contributed by atoms with Crippen LogP contribution in [0.15, 0.2) is 12.1 Å². The van der Waals surface area contributed by atoms with Crippen LogP contribution in [-0.2, 0) is 21.2 Å². The number of aryl methyl sites for hydroxylation is 1. The molecule has 7 heteroatoms. The molecule has 5 nitrogen and oxygen atoms in total.